The lowest BCUT2D eigenvalue weighted by atomic mass is 9.91. The van der Waals surface area contributed by atoms with E-state index in [1.165, 1.54) is 21.5 Å². The molecule has 2 aromatic heterocycles. The minimum Gasteiger partial charge on any atom is -0.388 e. The van der Waals surface area contributed by atoms with Gasteiger partial charge in [0.1, 0.15) is 0 Å². The standard InChI is InChI=1S/2C18H25N3O6/c2*1-11-8-21(16(24)20-15(11)23)14-5-4-12(27-14)7-19-13(22)6-18(3)9-17(2,25)10-26-18/h2*4-5,8,12,14,25H,6-7,9-10H2,1-3H3,(H,19,22)(H,20,23,24)/t2*12-,14+,17?,18?/m00/s1. The summed E-state index contributed by atoms with van der Waals surface area (Å²) in [6.07, 6.45) is 8.83. The molecule has 4 aliphatic rings. The van der Waals surface area contributed by atoms with Crippen LogP contribution < -0.4 is 33.1 Å². The van der Waals surface area contributed by atoms with Crippen LogP contribution in [0.4, 0.5) is 0 Å². The van der Waals surface area contributed by atoms with E-state index in [0.29, 0.717) is 24.0 Å². The Morgan fingerprint density at radius 2 is 1.07 bits per heavy atom. The molecule has 0 saturated carbocycles. The zero-order chi connectivity index (χ0) is 39.6. The van der Waals surface area contributed by atoms with Gasteiger partial charge in [-0.25, -0.2) is 9.59 Å². The van der Waals surface area contributed by atoms with Crippen molar-refractivity contribution < 1.29 is 38.7 Å². The lowest BCUT2D eigenvalue weighted by molar-refractivity contribution is -0.127. The zero-order valence-corrected chi connectivity index (χ0v) is 31.3. The van der Waals surface area contributed by atoms with Crippen LogP contribution in [-0.2, 0) is 28.5 Å². The normalized spacial score (nSPS) is 32.7. The highest BCUT2D eigenvalue weighted by Crippen LogP contribution is 2.36. The third-order valence-corrected chi connectivity index (χ3v) is 9.49. The van der Waals surface area contributed by atoms with Crippen molar-refractivity contribution in [1.82, 2.24) is 29.7 Å². The number of hydrogen-bond donors (Lipinski definition) is 6. The maximum absolute atomic E-state index is 12.2. The van der Waals surface area contributed by atoms with Crippen LogP contribution in [0.1, 0.15) is 77.0 Å². The third kappa shape index (κ3) is 10.4. The van der Waals surface area contributed by atoms with E-state index in [-0.39, 0.29) is 51.0 Å². The second-order valence-corrected chi connectivity index (χ2v) is 15.6. The molecule has 6 heterocycles. The molecule has 2 aromatic rings. The molecule has 296 valence electrons. The van der Waals surface area contributed by atoms with E-state index in [4.69, 9.17) is 18.9 Å². The topological polar surface area (TPSA) is 245 Å². The van der Waals surface area contributed by atoms with Gasteiger partial charge in [-0.1, -0.05) is 12.2 Å². The van der Waals surface area contributed by atoms with E-state index >= 15 is 0 Å². The van der Waals surface area contributed by atoms with E-state index in [1.54, 1.807) is 65.8 Å². The number of nitrogens with one attached hydrogen (secondary N) is 4. The SMILES string of the molecule is Cc1cn([C@H]2C=C[C@@H](CNC(=O)CC3(C)CC(C)(O)CO3)O2)c(=O)[nH]c1=O.Cc1cn([C@H]2C=C[C@@H](CNC(=O)CC3(C)CC(C)(O)CO3)O2)c(=O)[nH]c1=O. The lowest BCUT2D eigenvalue weighted by Gasteiger charge is -2.24. The molecule has 18 heteroatoms. The molecule has 0 aromatic carbocycles. The number of carbonyl (C=O) groups is 2. The van der Waals surface area contributed by atoms with Crippen molar-refractivity contribution in [3.8, 4) is 0 Å². The molecular formula is C36H50N6O12. The van der Waals surface area contributed by atoms with Gasteiger partial charge in [-0.3, -0.25) is 38.3 Å². The van der Waals surface area contributed by atoms with E-state index in [2.05, 4.69) is 20.6 Å². The van der Waals surface area contributed by atoms with Gasteiger partial charge in [0.2, 0.25) is 11.8 Å². The fraction of sp³-hybridized carbons (Fsp3) is 0.611. The number of aromatic amines is 2. The predicted octanol–water partition coefficient (Wildman–Crippen LogP) is -0.530. The number of H-pyrrole nitrogens is 2. The molecule has 2 saturated heterocycles. The van der Waals surface area contributed by atoms with Crippen LogP contribution >= 0.6 is 0 Å². The number of amides is 2. The molecule has 0 bridgehead atoms. The maximum atomic E-state index is 12.2. The maximum Gasteiger partial charge on any atom is 0.330 e. The molecule has 6 N–H and O–H groups in total. The van der Waals surface area contributed by atoms with Crippen molar-refractivity contribution >= 4 is 11.8 Å². The van der Waals surface area contributed by atoms with Gasteiger partial charge in [-0.15, -0.1) is 0 Å². The van der Waals surface area contributed by atoms with Gasteiger partial charge in [0.05, 0.1) is 60.7 Å². The number of aromatic nitrogens is 4. The smallest absolute Gasteiger partial charge is 0.330 e. The molecule has 6 rings (SSSR count). The first-order valence-electron chi connectivity index (χ1n) is 17.7. The van der Waals surface area contributed by atoms with Crippen molar-refractivity contribution in [2.24, 2.45) is 0 Å². The number of nitrogens with zero attached hydrogens (tertiary/aromatic N) is 2. The van der Waals surface area contributed by atoms with Gasteiger partial charge >= 0.3 is 11.4 Å². The molecule has 0 aliphatic carbocycles. The Balaban J connectivity index is 0.000000208. The van der Waals surface area contributed by atoms with Gasteiger partial charge in [-0.05, 0) is 53.7 Å². The minimum absolute atomic E-state index is 0.140. The van der Waals surface area contributed by atoms with Crippen LogP contribution in [0.5, 0.6) is 0 Å². The van der Waals surface area contributed by atoms with Gasteiger partial charge in [0.25, 0.3) is 11.1 Å². The predicted molar refractivity (Wildman–Crippen MR) is 193 cm³/mol. The van der Waals surface area contributed by atoms with Crippen molar-refractivity contribution in [3.63, 3.8) is 0 Å². The Hall–Kier alpha value is -4.46. The lowest BCUT2D eigenvalue weighted by Crippen LogP contribution is -2.39. The number of rotatable bonds is 10. The number of hydrogen-bond acceptors (Lipinski definition) is 12. The molecule has 54 heavy (non-hydrogen) atoms. The van der Waals surface area contributed by atoms with Crippen LogP contribution in [0.15, 0.2) is 55.9 Å². The average molecular weight is 759 g/mol. The Labute approximate surface area is 310 Å². The first-order chi connectivity index (χ1) is 25.1. The van der Waals surface area contributed by atoms with Crippen molar-refractivity contribution in [2.75, 3.05) is 26.3 Å². The highest BCUT2D eigenvalue weighted by atomic mass is 16.5. The van der Waals surface area contributed by atoms with Gasteiger partial charge < -0.3 is 39.8 Å². The summed E-state index contributed by atoms with van der Waals surface area (Å²) in [6.45, 7) is 11.1. The second-order valence-electron chi connectivity index (χ2n) is 15.6. The Morgan fingerprint density at radius 1 is 0.704 bits per heavy atom. The number of carbonyl (C=O) groups excluding carboxylic acids is 2. The summed E-state index contributed by atoms with van der Waals surface area (Å²) in [5.74, 6) is -0.402. The highest BCUT2D eigenvalue weighted by Gasteiger charge is 2.45. The van der Waals surface area contributed by atoms with Crippen LogP contribution in [0.2, 0.25) is 0 Å². The third-order valence-electron chi connectivity index (χ3n) is 9.49. The quantitative estimate of drug-likeness (QED) is 0.168. The molecular weight excluding hydrogens is 708 g/mol. The first-order valence-corrected chi connectivity index (χ1v) is 17.7. The zero-order valence-electron chi connectivity index (χ0n) is 31.3. The summed E-state index contributed by atoms with van der Waals surface area (Å²) in [6, 6.07) is 0. The Bertz CT molecular complexity index is 1880. The number of aryl methyl sites for hydroxylation is 2. The van der Waals surface area contributed by atoms with Gasteiger partial charge in [0.15, 0.2) is 12.5 Å². The molecule has 4 unspecified atom stereocenters. The molecule has 4 aliphatic heterocycles. The summed E-state index contributed by atoms with van der Waals surface area (Å²) in [7, 11) is 0. The van der Waals surface area contributed by atoms with Crippen LogP contribution in [-0.4, -0.2) is 102 Å². The molecule has 0 spiro atoms. The molecule has 18 nitrogen and oxygen atoms in total. The molecule has 2 amide bonds. The fourth-order valence-corrected chi connectivity index (χ4v) is 7.01. The van der Waals surface area contributed by atoms with Crippen LogP contribution in [0.25, 0.3) is 0 Å². The summed E-state index contributed by atoms with van der Waals surface area (Å²) in [4.78, 5) is 75.7. The van der Waals surface area contributed by atoms with Crippen molar-refractivity contribution in [2.45, 2.75) is 114 Å². The van der Waals surface area contributed by atoms with Crippen LogP contribution in [0, 0.1) is 13.8 Å². The second kappa shape index (κ2) is 15.7. The highest BCUT2D eigenvalue weighted by molar-refractivity contribution is 5.77. The summed E-state index contributed by atoms with van der Waals surface area (Å²) in [5.41, 5.74) is -4.36. The molecule has 0 radical (unpaired) electrons. The molecule has 8 atom stereocenters. The van der Waals surface area contributed by atoms with E-state index in [0.717, 1.165) is 0 Å². The minimum atomic E-state index is -0.915. The van der Waals surface area contributed by atoms with Gasteiger partial charge in [-0.2, -0.15) is 0 Å². The van der Waals surface area contributed by atoms with E-state index in [9.17, 15) is 39.0 Å². The molecule has 2 fully saturated rings. The largest absolute Gasteiger partial charge is 0.388 e. The van der Waals surface area contributed by atoms with Crippen LogP contribution in [0.3, 0.4) is 0 Å². The Morgan fingerprint density at radius 3 is 1.41 bits per heavy atom. The first kappa shape index (κ1) is 40.7. The van der Waals surface area contributed by atoms with E-state index < -0.39 is 69.6 Å². The monoisotopic (exact) mass is 758 g/mol. The number of ether oxygens (including phenoxy) is 4. The van der Waals surface area contributed by atoms with Gasteiger partial charge in [0, 0.05) is 49.5 Å². The average Bonchev–Trinajstić information content (AvgIpc) is 3.85. The summed E-state index contributed by atoms with van der Waals surface area (Å²) >= 11 is 0. The summed E-state index contributed by atoms with van der Waals surface area (Å²) in [5, 5.41) is 25.6. The van der Waals surface area contributed by atoms with Crippen molar-refractivity contribution in [3.05, 3.63) is 89.5 Å². The Kier molecular flexibility index (Phi) is 11.9. The summed E-state index contributed by atoms with van der Waals surface area (Å²) < 4.78 is 25.3. The fourth-order valence-electron chi connectivity index (χ4n) is 7.01. The van der Waals surface area contributed by atoms with Crippen molar-refractivity contribution in [1.29, 1.82) is 0 Å². The van der Waals surface area contributed by atoms with E-state index in [1.807, 2.05) is 0 Å². The number of aliphatic hydroxyl groups is 2.